The van der Waals surface area contributed by atoms with E-state index in [2.05, 4.69) is 4.98 Å². The Hall–Kier alpha value is -3.93. The molecule has 3 rings (SSSR count). The maximum Gasteiger partial charge on any atom is 0.336 e. The minimum absolute atomic E-state index is 0.254. The van der Waals surface area contributed by atoms with Gasteiger partial charge in [0.05, 0.1) is 5.69 Å². The number of pyridine rings is 1. The Morgan fingerprint density at radius 2 is 1.79 bits per heavy atom. The molecule has 0 saturated heterocycles. The van der Waals surface area contributed by atoms with Crippen LogP contribution in [0.5, 0.6) is 11.5 Å². The third-order valence-electron chi connectivity index (χ3n) is 3.74. The maximum atomic E-state index is 11.9. The number of carbonyl (C=O) groups is 2. The predicted molar refractivity (Wildman–Crippen MR) is 105 cm³/mol. The predicted octanol–water partition coefficient (Wildman–Crippen LogP) is 3.38. The van der Waals surface area contributed by atoms with Crippen LogP contribution in [-0.2, 0) is 11.4 Å². The standard InChI is InChI=1S/C22H18N2O4/c23-22(26)17-4-3-6-20(14-17)28-21(25)12-9-16-7-10-19(11-8-16)27-15-18-5-1-2-13-24-18/h1-14H,15H2,(H2,23,26)/b12-9+. The van der Waals surface area contributed by atoms with Gasteiger partial charge >= 0.3 is 5.97 Å². The van der Waals surface area contributed by atoms with E-state index in [1.807, 2.05) is 42.5 Å². The molecule has 0 spiro atoms. The monoisotopic (exact) mass is 374 g/mol. The summed E-state index contributed by atoms with van der Waals surface area (Å²) >= 11 is 0. The first-order valence-corrected chi connectivity index (χ1v) is 8.53. The molecular weight excluding hydrogens is 356 g/mol. The van der Waals surface area contributed by atoms with Gasteiger partial charge in [0.25, 0.3) is 0 Å². The lowest BCUT2D eigenvalue weighted by molar-refractivity contribution is -0.128. The molecule has 0 saturated carbocycles. The van der Waals surface area contributed by atoms with E-state index in [0.717, 1.165) is 11.3 Å². The summed E-state index contributed by atoms with van der Waals surface area (Å²) in [7, 11) is 0. The van der Waals surface area contributed by atoms with E-state index in [0.29, 0.717) is 12.4 Å². The highest BCUT2D eigenvalue weighted by atomic mass is 16.5. The van der Waals surface area contributed by atoms with Crippen molar-refractivity contribution in [3.05, 3.63) is 95.8 Å². The topological polar surface area (TPSA) is 91.5 Å². The molecule has 1 aromatic heterocycles. The van der Waals surface area contributed by atoms with Crippen LogP contribution in [0.2, 0.25) is 0 Å². The zero-order valence-corrected chi connectivity index (χ0v) is 14.9. The summed E-state index contributed by atoms with van der Waals surface area (Å²) in [6, 6.07) is 19.1. The van der Waals surface area contributed by atoms with E-state index < -0.39 is 11.9 Å². The first-order chi connectivity index (χ1) is 13.6. The molecule has 3 aromatic rings. The van der Waals surface area contributed by atoms with E-state index >= 15 is 0 Å². The summed E-state index contributed by atoms with van der Waals surface area (Å²) in [5.41, 5.74) is 7.14. The largest absolute Gasteiger partial charge is 0.487 e. The molecule has 0 unspecified atom stereocenters. The fraction of sp³-hybridized carbons (Fsp3) is 0.0455. The summed E-state index contributed by atoms with van der Waals surface area (Å²) in [4.78, 5) is 27.3. The molecule has 2 aromatic carbocycles. The number of hydrogen-bond acceptors (Lipinski definition) is 5. The number of hydrogen-bond donors (Lipinski definition) is 1. The van der Waals surface area contributed by atoms with Crippen molar-refractivity contribution < 1.29 is 19.1 Å². The summed E-state index contributed by atoms with van der Waals surface area (Å²) < 4.78 is 10.8. The summed E-state index contributed by atoms with van der Waals surface area (Å²) in [5.74, 6) is -0.186. The molecule has 6 heteroatoms. The van der Waals surface area contributed by atoms with E-state index in [-0.39, 0.29) is 11.3 Å². The van der Waals surface area contributed by atoms with E-state index in [9.17, 15) is 9.59 Å². The fourth-order valence-corrected chi connectivity index (χ4v) is 2.34. The molecular formula is C22H18N2O4. The Morgan fingerprint density at radius 3 is 2.50 bits per heavy atom. The molecule has 0 aliphatic rings. The van der Waals surface area contributed by atoms with Gasteiger partial charge in [0.15, 0.2) is 0 Å². The minimum Gasteiger partial charge on any atom is -0.487 e. The first-order valence-electron chi connectivity index (χ1n) is 8.53. The number of amides is 1. The lowest BCUT2D eigenvalue weighted by atomic mass is 10.2. The van der Waals surface area contributed by atoms with Crippen molar-refractivity contribution in [3.63, 3.8) is 0 Å². The van der Waals surface area contributed by atoms with Gasteiger partial charge in [-0.05, 0) is 54.1 Å². The number of carbonyl (C=O) groups excluding carboxylic acids is 2. The van der Waals surface area contributed by atoms with Crippen molar-refractivity contribution in [1.82, 2.24) is 4.98 Å². The minimum atomic E-state index is -0.584. The van der Waals surface area contributed by atoms with Gasteiger partial charge < -0.3 is 15.2 Å². The lowest BCUT2D eigenvalue weighted by Crippen LogP contribution is -2.11. The third kappa shape index (κ3) is 5.54. The van der Waals surface area contributed by atoms with Crippen molar-refractivity contribution in [2.75, 3.05) is 0 Å². The van der Waals surface area contributed by atoms with Crippen molar-refractivity contribution >= 4 is 18.0 Å². The molecule has 2 N–H and O–H groups in total. The van der Waals surface area contributed by atoms with Crippen LogP contribution in [0.3, 0.4) is 0 Å². The summed E-state index contributed by atoms with van der Waals surface area (Å²) in [6.07, 6.45) is 4.65. The summed E-state index contributed by atoms with van der Waals surface area (Å²) in [6.45, 7) is 0.382. The van der Waals surface area contributed by atoms with Crippen LogP contribution >= 0.6 is 0 Å². The zero-order chi connectivity index (χ0) is 19.8. The van der Waals surface area contributed by atoms with Gasteiger partial charge in [-0.25, -0.2) is 4.79 Å². The highest BCUT2D eigenvalue weighted by molar-refractivity contribution is 5.93. The van der Waals surface area contributed by atoms with Gasteiger partial charge in [-0.1, -0.05) is 24.3 Å². The van der Waals surface area contributed by atoms with Gasteiger partial charge in [0, 0.05) is 17.8 Å². The van der Waals surface area contributed by atoms with Crippen molar-refractivity contribution in [2.24, 2.45) is 5.73 Å². The SMILES string of the molecule is NC(=O)c1cccc(OC(=O)/C=C/c2ccc(OCc3ccccn3)cc2)c1. The Kier molecular flexibility index (Phi) is 6.15. The molecule has 1 heterocycles. The maximum absolute atomic E-state index is 11.9. The van der Waals surface area contributed by atoms with Gasteiger partial charge in [-0.15, -0.1) is 0 Å². The van der Waals surface area contributed by atoms with Gasteiger partial charge in [-0.2, -0.15) is 0 Å². The second-order valence-corrected chi connectivity index (χ2v) is 5.83. The smallest absolute Gasteiger partial charge is 0.336 e. The van der Waals surface area contributed by atoms with Gasteiger partial charge in [0.1, 0.15) is 18.1 Å². The number of nitrogens with zero attached hydrogens (tertiary/aromatic N) is 1. The van der Waals surface area contributed by atoms with Crippen molar-refractivity contribution in [2.45, 2.75) is 6.61 Å². The number of benzene rings is 2. The quantitative estimate of drug-likeness (QED) is 0.389. The van der Waals surface area contributed by atoms with E-state index in [1.54, 1.807) is 30.5 Å². The highest BCUT2D eigenvalue weighted by Crippen LogP contribution is 2.16. The Balaban J connectivity index is 1.54. The van der Waals surface area contributed by atoms with Crippen LogP contribution in [0.25, 0.3) is 6.08 Å². The van der Waals surface area contributed by atoms with Crippen LogP contribution < -0.4 is 15.2 Å². The number of nitrogens with two attached hydrogens (primary N) is 1. The third-order valence-corrected chi connectivity index (χ3v) is 3.74. The number of aromatic nitrogens is 1. The van der Waals surface area contributed by atoms with Crippen molar-refractivity contribution in [3.8, 4) is 11.5 Å². The number of esters is 1. The molecule has 0 aliphatic heterocycles. The normalized spacial score (nSPS) is 10.6. The molecule has 0 bridgehead atoms. The second-order valence-electron chi connectivity index (χ2n) is 5.83. The Bertz CT molecular complexity index is 983. The van der Waals surface area contributed by atoms with E-state index in [4.69, 9.17) is 15.2 Å². The first kappa shape index (κ1) is 18.8. The number of rotatable bonds is 7. The fourth-order valence-electron chi connectivity index (χ4n) is 2.34. The lowest BCUT2D eigenvalue weighted by Gasteiger charge is -2.05. The average molecular weight is 374 g/mol. The van der Waals surface area contributed by atoms with Crippen LogP contribution in [0, 0.1) is 0 Å². The van der Waals surface area contributed by atoms with Crippen LogP contribution in [0.15, 0.2) is 79.0 Å². The average Bonchev–Trinajstić information content (AvgIpc) is 2.72. The van der Waals surface area contributed by atoms with Crippen LogP contribution in [-0.4, -0.2) is 16.9 Å². The zero-order valence-electron chi connectivity index (χ0n) is 14.9. The van der Waals surface area contributed by atoms with Gasteiger partial charge in [-0.3, -0.25) is 9.78 Å². The molecule has 0 radical (unpaired) electrons. The van der Waals surface area contributed by atoms with E-state index in [1.165, 1.54) is 12.1 Å². The molecule has 1 amide bonds. The second kappa shape index (κ2) is 9.14. The number of ether oxygens (including phenoxy) is 2. The molecule has 0 atom stereocenters. The van der Waals surface area contributed by atoms with Crippen LogP contribution in [0.4, 0.5) is 0 Å². The van der Waals surface area contributed by atoms with Crippen molar-refractivity contribution in [1.29, 1.82) is 0 Å². The molecule has 0 fully saturated rings. The molecule has 0 aliphatic carbocycles. The molecule has 6 nitrogen and oxygen atoms in total. The molecule has 140 valence electrons. The molecule has 28 heavy (non-hydrogen) atoms. The van der Waals surface area contributed by atoms with Gasteiger partial charge in [0.2, 0.25) is 5.91 Å². The van der Waals surface area contributed by atoms with Crippen LogP contribution in [0.1, 0.15) is 21.6 Å². The Labute approximate surface area is 162 Å². The summed E-state index contributed by atoms with van der Waals surface area (Å²) in [5, 5.41) is 0. The Morgan fingerprint density at radius 1 is 0.964 bits per heavy atom. The number of primary amides is 1. The highest BCUT2D eigenvalue weighted by Gasteiger charge is 2.05.